The third-order valence-electron chi connectivity index (χ3n) is 2.66. The summed E-state index contributed by atoms with van der Waals surface area (Å²) in [6, 6.07) is 5.58. The molecule has 96 valence electrons. The molecule has 0 aliphatic rings. The van der Waals surface area contributed by atoms with Crippen molar-refractivity contribution in [2.45, 2.75) is 19.5 Å². The smallest absolute Gasteiger partial charge is 0.0945 e. The van der Waals surface area contributed by atoms with E-state index < -0.39 is 0 Å². The normalized spacial score (nSPS) is 10.8. The first-order chi connectivity index (χ1) is 8.75. The largest absolute Gasteiger partial charge is 0.337 e. The number of benzene rings is 1. The van der Waals surface area contributed by atoms with Gasteiger partial charge in [0.05, 0.1) is 6.33 Å². The topological polar surface area (TPSA) is 29.9 Å². The highest BCUT2D eigenvalue weighted by atomic mass is 35.5. The quantitative estimate of drug-likeness (QED) is 0.824. The van der Waals surface area contributed by atoms with Gasteiger partial charge >= 0.3 is 0 Å². The Bertz CT molecular complexity index is 483. The number of hydrogen-bond acceptors (Lipinski definition) is 2. The van der Waals surface area contributed by atoms with E-state index in [1.165, 1.54) is 0 Å². The van der Waals surface area contributed by atoms with E-state index in [0.29, 0.717) is 10.0 Å². The lowest BCUT2D eigenvalue weighted by molar-refractivity contribution is 0.581. The summed E-state index contributed by atoms with van der Waals surface area (Å²) in [6.45, 7) is 2.68. The number of aromatic nitrogens is 2. The monoisotopic (exact) mass is 283 g/mol. The Kier molecular flexibility index (Phi) is 5.05. The first kappa shape index (κ1) is 13.4. The van der Waals surface area contributed by atoms with E-state index in [9.17, 15) is 0 Å². The lowest BCUT2D eigenvalue weighted by atomic mass is 10.2. The van der Waals surface area contributed by atoms with Crippen molar-refractivity contribution in [2.24, 2.45) is 0 Å². The fraction of sp³-hybridized carbons (Fsp3) is 0.308. The van der Waals surface area contributed by atoms with Crippen LogP contribution in [0, 0.1) is 0 Å². The molecule has 1 aromatic carbocycles. The lowest BCUT2D eigenvalue weighted by Crippen LogP contribution is -2.16. The SMILES string of the molecule is Clc1ccc(CNCCCn2ccnc2)c(Cl)c1. The van der Waals surface area contributed by atoms with E-state index in [1.54, 1.807) is 12.3 Å². The van der Waals surface area contributed by atoms with Gasteiger partial charge in [0.1, 0.15) is 0 Å². The summed E-state index contributed by atoms with van der Waals surface area (Å²) in [7, 11) is 0. The molecule has 0 radical (unpaired) electrons. The minimum absolute atomic E-state index is 0.670. The van der Waals surface area contributed by atoms with Crippen LogP contribution in [0.2, 0.25) is 10.0 Å². The zero-order valence-corrected chi connectivity index (χ0v) is 11.5. The van der Waals surface area contributed by atoms with Gasteiger partial charge in [0, 0.05) is 35.5 Å². The van der Waals surface area contributed by atoms with Crippen molar-refractivity contribution >= 4 is 23.2 Å². The highest BCUT2D eigenvalue weighted by Gasteiger charge is 2.00. The Morgan fingerprint density at radius 1 is 1.28 bits per heavy atom. The fourth-order valence-electron chi connectivity index (χ4n) is 1.69. The van der Waals surface area contributed by atoms with E-state index in [0.717, 1.165) is 31.6 Å². The van der Waals surface area contributed by atoms with Crippen molar-refractivity contribution in [2.75, 3.05) is 6.54 Å². The maximum Gasteiger partial charge on any atom is 0.0945 e. The van der Waals surface area contributed by atoms with Crippen LogP contribution in [0.25, 0.3) is 0 Å². The molecule has 1 aromatic heterocycles. The van der Waals surface area contributed by atoms with Gasteiger partial charge in [-0.3, -0.25) is 0 Å². The van der Waals surface area contributed by atoms with Crippen LogP contribution in [-0.4, -0.2) is 16.1 Å². The molecule has 0 saturated carbocycles. The zero-order valence-electron chi connectivity index (χ0n) is 9.94. The van der Waals surface area contributed by atoms with E-state index >= 15 is 0 Å². The molecule has 0 amide bonds. The Morgan fingerprint density at radius 2 is 2.17 bits per heavy atom. The Labute approximate surface area is 117 Å². The van der Waals surface area contributed by atoms with Crippen molar-refractivity contribution in [1.29, 1.82) is 0 Å². The van der Waals surface area contributed by atoms with Crippen LogP contribution in [-0.2, 0) is 13.1 Å². The van der Waals surface area contributed by atoms with Gasteiger partial charge in [-0.05, 0) is 30.7 Å². The molecular weight excluding hydrogens is 269 g/mol. The molecular formula is C13H15Cl2N3. The molecule has 0 aliphatic heterocycles. The average molecular weight is 284 g/mol. The summed E-state index contributed by atoms with van der Waals surface area (Å²) in [5, 5.41) is 4.75. The van der Waals surface area contributed by atoms with Gasteiger partial charge in [-0.25, -0.2) is 4.98 Å². The minimum atomic E-state index is 0.670. The number of nitrogens with one attached hydrogen (secondary N) is 1. The summed E-state index contributed by atoms with van der Waals surface area (Å²) in [5.41, 5.74) is 1.07. The first-order valence-electron chi connectivity index (χ1n) is 5.86. The summed E-state index contributed by atoms with van der Waals surface area (Å²) in [5.74, 6) is 0. The van der Waals surface area contributed by atoms with Gasteiger partial charge in [-0.1, -0.05) is 29.3 Å². The van der Waals surface area contributed by atoms with Gasteiger partial charge < -0.3 is 9.88 Å². The zero-order chi connectivity index (χ0) is 12.8. The van der Waals surface area contributed by atoms with Crippen molar-refractivity contribution in [1.82, 2.24) is 14.9 Å². The number of nitrogens with zero attached hydrogens (tertiary/aromatic N) is 2. The average Bonchev–Trinajstić information content (AvgIpc) is 2.84. The molecule has 0 unspecified atom stereocenters. The van der Waals surface area contributed by atoms with Crippen LogP contribution in [0.5, 0.6) is 0 Å². The second-order valence-corrected chi connectivity index (χ2v) is 4.91. The summed E-state index contributed by atoms with van der Waals surface area (Å²) < 4.78 is 2.07. The Hall–Kier alpha value is -1.03. The van der Waals surface area contributed by atoms with E-state index in [2.05, 4.69) is 14.9 Å². The minimum Gasteiger partial charge on any atom is -0.337 e. The molecule has 1 N–H and O–H groups in total. The molecule has 1 heterocycles. The molecule has 18 heavy (non-hydrogen) atoms. The molecule has 0 saturated heterocycles. The predicted octanol–water partition coefficient (Wildman–Crippen LogP) is 3.37. The van der Waals surface area contributed by atoms with E-state index in [4.69, 9.17) is 23.2 Å². The van der Waals surface area contributed by atoms with Crippen LogP contribution >= 0.6 is 23.2 Å². The molecule has 2 aromatic rings. The second kappa shape index (κ2) is 6.78. The van der Waals surface area contributed by atoms with Crippen LogP contribution in [0.15, 0.2) is 36.9 Å². The van der Waals surface area contributed by atoms with Crippen molar-refractivity contribution < 1.29 is 0 Å². The number of imidazole rings is 1. The maximum absolute atomic E-state index is 6.09. The highest BCUT2D eigenvalue weighted by Crippen LogP contribution is 2.20. The summed E-state index contributed by atoms with van der Waals surface area (Å²) >= 11 is 11.9. The van der Waals surface area contributed by atoms with Crippen LogP contribution in [0.4, 0.5) is 0 Å². The molecule has 3 nitrogen and oxygen atoms in total. The Balaban J connectivity index is 1.69. The van der Waals surface area contributed by atoms with E-state index in [1.807, 2.05) is 24.7 Å². The third kappa shape index (κ3) is 4.02. The maximum atomic E-state index is 6.09. The van der Waals surface area contributed by atoms with Crippen molar-refractivity contribution in [3.8, 4) is 0 Å². The molecule has 5 heteroatoms. The number of halogens is 2. The lowest BCUT2D eigenvalue weighted by Gasteiger charge is -2.07. The van der Waals surface area contributed by atoms with Gasteiger partial charge in [0.15, 0.2) is 0 Å². The van der Waals surface area contributed by atoms with Crippen LogP contribution in [0.1, 0.15) is 12.0 Å². The molecule has 2 rings (SSSR count). The van der Waals surface area contributed by atoms with Crippen LogP contribution < -0.4 is 5.32 Å². The van der Waals surface area contributed by atoms with Gasteiger partial charge in [0.25, 0.3) is 0 Å². The second-order valence-electron chi connectivity index (χ2n) is 4.07. The van der Waals surface area contributed by atoms with E-state index in [-0.39, 0.29) is 0 Å². The summed E-state index contributed by atoms with van der Waals surface area (Å²) in [6.07, 6.45) is 6.65. The highest BCUT2D eigenvalue weighted by molar-refractivity contribution is 6.35. The third-order valence-corrected chi connectivity index (χ3v) is 3.25. The standard InChI is InChI=1S/C13H15Cl2N3/c14-12-3-2-11(13(15)8-12)9-16-4-1-6-18-7-5-17-10-18/h2-3,5,7-8,10,16H,1,4,6,9H2. The van der Waals surface area contributed by atoms with Gasteiger partial charge in [-0.15, -0.1) is 0 Å². The molecule has 0 bridgehead atoms. The predicted molar refractivity (Wildman–Crippen MR) is 75.0 cm³/mol. The number of rotatable bonds is 6. The molecule has 0 aliphatic carbocycles. The Morgan fingerprint density at radius 3 is 2.89 bits per heavy atom. The van der Waals surface area contributed by atoms with Gasteiger partial charge in [-0.2, -0.15) is 0 Å². The summed E-state index contributed by atoms with van der Waals surface area (Å²) in [4.78, 5) is 4.00. The number of hydrogen-bond donors (Lipinski definition) is 1. The fourth-order valence-corrected chi connectivity index (χ4v) is 2.17. The molecule has 0 fully saturated rings. The van der Waals surface area contributed by atoms with Gasteiger partial charge in [0.2, 0.25) is 0 Å². The van der Waals surface area contributed by atoms with Crippen molar-refractivity contribution in [3.63, 3.8) is 0 Å². The molecule has 0 spiro atoms. The van der Waals surface area contributed by atoms with Crippen molar-refractivity contribution in [3.05, 3.63) is 52.5 Å². The first-order valence-corrected chi connectivity index (χ1v) is 6.61. The van der Waals surface area contributed by atoms with Crippen LogP contribution in [0.3, 0.4) is 0 Å². The molecule has 0 atom stereocenters. The number of aryl methyl sites for hydroxylation is 1.